The van der Waals surface area contributed by atoms with E-state index in [-0.39, 0.29) is 12.1 Å². The van der Waals surface area contributed by atoms with Crippen LogP contribution in [0.5, 0.6) is 0 Å². The summed E-state index contributed by atoms with van der Waals surface area (Å²) in [7, 11) is 0. The molecule has 6 heteroatoms. The van der Waals surface area contributed by atoms with Gasteiger partial charge >= 0.3 is 0 Å². The maximum absolute atomic E-state index is 13.4. The van der Waals surface area contributed by atoms with E-state index in [2.05, 4.69) is 10.2 Å². The molecule has 2 N–H and O–H groups in total. The van der Waals surface area contributed by atoms with Gasteiger partial charge in [0.05, 0.1) is 19.3 Å². The third-order valence-corrected chi connectivity index (χ3v) is 3.36. The molecule has 1 aliphatic heterocycles. The van der Waals surface area contributed by atoms with Gasteiger partial charge in [-0.3, -0.25) is 4.90 Å². The van der Waals surface area contributed by atoms with Crippen LogP contribution in [-0.4, -0.2) is 55.9 Å². The molecule has 2 rings (SSSR count). The van der Waals surface area contributed by atoms with E-state index in [1.807, 2.05) is 0 Å². The average molecular weight is 286 g/mol. The Morgan fingerprint density at radius 3 is 2.80 bits per heavy atom. The molecule has 1 aromatic rings. The lowest BCUT2D eigenvalue weighted by atomic mass is 10.1. The molecule has 0 spiro atoms. The van der Waals surface area contributed by atoms with Gasteiger partial charge in [-0.15, -0.1) is 0 Å². The number of nitrogens with zero attached hydrogens (tertiary/aromatic N) is 1. The number of morpholine rings is 1. The molecule has 1 unspecified atom stereocenters. The summed E-state index contributed by atoms with van der Waals surface area (Å²) in [5.74, 6) is -1.14. The van der Waals surface area contributed by atoms with Crippen LogP contribution in [0.1, 0.15) is 11.7 Å². The van der Waals surface area contributed by atoms with Crippen LogP contribution in [-0.2, 0) is 4.74 Å². The minimum atomic E-state index is -1.05. The monoisotopic (exact) mass is 286 g/mol. The van der Waals surface area contributed by atoms with Crippen LogP contribution in [0.15, 0.2) is 18.2 Å². The molecule has 1 atom stereocenters. The van der Waals surface area contributed by atoms with Crippen molar-refractivity contribution < 1.29 is 18.6 Å². The fourth-order valence-electron chi connectivity index (χ4n) is 2.18. The quantitative estimate of drug-likeness (QED) is 0.763. The van der Waals surface area contributed by atoms with Gasteiger partial charge < -0.3 is 15.2 Å². The number of aliphatic hydroxyl groups is 1. The maximum Gasteiger partial charge on any atom is 0.129 e. The van der Waals surface area contributed by atoms with Crippen LogP contribution in [0.25, 0.3) is 0 Å². The standard InChI is InChI=1S/C14H20F2N2O2/c15-11-1-2-13(16)12(9-11)14(19)10-17-3-4-18-5-7-20-8-6-18/h1-2,9,14,17,19H,3-8,10H2. The van der Waals surface area contributed by atoms with Crippen molar-refractivity contribution >= 4 is 0 Å². The SMILES string of the molecule is OC(CNCCN1CCOCC1)c1cc(F)ccc1F. The van der Waals surface area contributed by atoms with Crippen molar-refractivity contribution in [2.45, 2.75) is 6.10 Å². The third-order valence-electron chi connectivity index (χ3n) is 3.36. The Morgan fingerprint density at radius 2 is 2.05 bits per heavy atom. The summed E-state index contributed by atoms with van der Waals surface area (Å²) >= 11 is 0. The number of hydrogen-bond donors (Lipinski definition) is 2. The van der Waals surface area contributed by atoms with Crippen LogP contribution >= 0.6 is 0 Å². The minimum absolute atomic E-state index is 0.0103. The second kappa shape index (κ2) is 7.64. The smallest absolute Gasteiger partial charge is 0.129 e. The predicted molar refractivity (Wildman–Crippen MR) is 71.4 cm³/mol. The average Bonchev–Trinajstić information content (AvgIpc) is 2.47. The molecule has 0 saturated carbocycles. The second-order valence-electron chi connectivity index (χ2n) is 4.84. The summed E-state index contributed by atoms with van der Waals surface area (Å²) in [4.78, 5) is 2.26. The lowest BCUT2D eigenvalue weighted by Gasteiger charge is -2.26. The van der Waals surface area contributed by atoms with Gasteiger partial charge in [0.2, 0.25) is 0 Å². The zero-order chi connectivity index (χ0) is 14.4. The first-order valence-corrected chi connectivity index (χ1v) is 6.80. The highest BCUT2D eigenvalue weighted by molar-refractivity contribution is 5.21. The van der Waals surface area contributed by atoms with E-state index in [1.54, 1.807) is 0 Å². The number of nitrogens with one attached hydrogen (secondary N) is 1. The summed E-state index contributed by atoms with van der Waals surface area (Å²) in [6.45, 7) is 5.04. The molecule has 1 heterocycles. The van der Waals surface area contributed by atoms with Crippen molar-refractivity contribution in [2.24, 2.45) is 0 Å². The largest absolute Gasteiger partial charge is 0.387 e. The molecular formula is C14H20F2N2O2. The molecule has 1 fully saturated rings. The maximum atomic E-state index is 13.4. The molecule has 0 amide bonds. The van der Waals surface area contributed by atoms with Gasteiger partial charge in [0, 0.05) is 38.3 Å². The van der Waals surface area contributed by atoms with Gasteiger partial charge in [0.1, 0.15) is 11.6 Å². The number of rotatable bonds is 6. The van der Waals surface area contributed by atoms with Gasteiger partial charge in [0.15, 0.2) is 0 Å². The highest BCUT2D eigenvalue weighted by Gasteiger charge is 2.14. The molecule has 0 aliphatic carbocycles. The van der Waals surface area contributed by atoms with Crippen LogP contribution in [0.2, 0.25) is 0 Å². The Bertz CT molecular complexity index is 426. The lowest BCUT2D eigenvalue weighted by molar-refractivity contribution is 0.0380. The topological polar surface area (TPSA) is 44.7 Å². The summed E-state index contributed by atoms with van der Waals surface area (Å²) in [6, 6.07) is 3.10. The highest BCUT2D eigenvalue weighted by Crippen LogP contribution is 2.17. The van der Waals surface area contributed by atoms with Crippen molar-refractivity contribution in [2.75, 3.05) is 45.9 Å². The van der Waals surface area contributed by atoms with E-state index >= 15 is 0 Å². The van der Waals surface area contributed by atoms with Crippen LogP contribution < -0.4 is 5.32 Å². The van der Waals surface area contributed by atoms with E-state index in [1.165, 1.54) is 0 Å². The number of ether oxygens (including phenoxy) is 1. The fourth-order valence-corrected chi connectivity index (χ4v) is 2.18. The Kier molecular flexibility index (Phi) is 5.85. The van der Waals surface area contributed by atoms with Crippen molar-refractivity contribution in [3.63, 3.8) is 0 Å². The first-order chi connectivity index (χ1) is 9.66. The van der Waals surface area contributed by atoms with Crippen LogP contribution in [0, 0.1) is 11.6 Å². The minimum Gasteiger partial charge on any atom is -0.387 e. The van der Waals surface area contributed by atoms with Crippen molar-refractivity contribution in [1.82, 2.24) is 10.2 Å². The van der Waals surface area contributed by atoms with Crippen LogP contribution in [0.4, 0.5) is 8.78 Å². The summed E-state index contributed by atoms with van der Waals surface area (Å²) in [5.41, 5.74) is -0.0103. The number of hydrogen-bond acceptors (Lipinski definition) is 4. The Balaban J connectivity index is 1.71. The Hall–Kier alpha value is -1.08. The molecule has 1 aliphatic rings. The summed E-state index contributed by atoms with van der Waals surface area (Å²) in [5, 5.41) is 12.9. The zero-order valence-electron chi connectivity index (χ0n) is 11.3. The van der Waals surface area contributed by atoms with E-state index in [0.29, 0.717) is 6.54 Å². The molecule has 0 bridgehead atoms. The molecule has 20 heavy (non-hydrogen) atoms. The fraction of sp³-hybridized carbons (Fsp3) is 0.571. The van der Waals surface area contributed by atoms with Gasteiger partial charge in [-0.05, 0) is 18.2 Å². The Labute approximate surface area is 117 Å². The van der Waals surface area contributed by atoms with Crippen molar-refractivity contribution in [1.29, 1.82) is 0 Å². The number of halogens is 2. The van der Waals surface area contributed by atoms with Gasteiger partial charge in [-0.1, -0.05) is 0 Å². The zero-order valence-corrected chi connectivity index (χ0v) is 11.3. The molecule has 4 nitrogen and oxygen atoms in total. The van der Waals surface area contributed by atoms with Gasteiger partial charge in [-0.2, -0.15) is 0 Å². The molecule has 1 saturated heterocycles. The van der Waals surface area contributed by atoms with Gasteiger partial charge in [-0.25, -0.2) is 8.78 Å². The van der Waals surface area contributed by atoms with E-state index in [0.717, 1.165) is 51.0 Å². The summed E-state index contributed by atoms with van der Waals surface area (Å²) < 4.78 is 31.7. The highest BCUT2D eigenvalue weighted by atomic mass is 19.1. The third kappa shape index (κ3) is 4.49. The second-order valence-corrected chi connectivity index (χ2v) is 4.84. The number of aliphatic hydroxyl groups excluding tert-OH is 1. The van der Waals surface area contributed by atoms with Gasteiger partial charge in [0.25, 0.3) is 0 Å². The van der Waals surface area contributed by atoms with Crippen molar-refractivity contribution in [3.8, 4) is 0 Å². The lowest BCUT2D eigenvalue weighted by Crippen LogP contribution is -2.40. The number of benzene rings is 1. The molecule has 0 aromatic heterocycles. The normalized spacial score (nSPS) is 18.1. The molecule has 0 radical (unpaired) electrons. The summed E-state index contributed by atoms with van der Waals surface area (Å²) in [6.07, 6.45) is -1.05. The molecular weight excluding hydrogens is 266 g/mol. The van der Waals surface area contributed by atoms with Crippen LogP contribution in [0.3, 0.4) is 0 Å². The Morgan fingerprint density at radius 1 is 1.30 bits per heavy atom. The van der Waals surface area contributed by atoms with E-state index in [9.17, 15) is 13.9 Å². The van der Waals surface area contributed by atoms with E-state index in [4.69, 9.17) is 4.74 Å². The van der Waals surface area contributed by atoms with Crippen molar-refractivity contribution in [3.05, 3.63) is 35.4 Å². The molecule has 1 aromatic carbocycles. The molecule has 112 valence electrons. The first-order valence-electron chi connectivity index (χ1n) is 6.80. The predicted octanol–water partition coefficient (Wildman–Crippen LogP) is 0.920. The van der Waals surface area contributed by atoms with E-state index < -0.39 is 17.7 Å². The first kappa shape index (κ1) is 15.3.